The van der Waals surface area contributed by atoms with E-state index in [-0.39, 0.29) is 0 Å². The molecule has 1 aliphatic rings. The molecule has 0 aliphatic heterocycles. The molecular formula is C12H17NO. The molecule has 0 heterocycles. The van der Waals surface area contributed by atoms with Crippen molar-refractivity contribution in [3.05, 3.63) is 29.3 Å². The van der Waals surface area contributed by atoms with Crippen LogP contribution in [0.3, 0.4) is 0 Å². The number of hydrogen-bond donors (Lipinski definition) is 2. The van der Waals surface area contributed by atoms with Crippen LogP contribution in [0.25, 0.3) is 0 Å². The molecule has 1 fully saturated rings. The van der Waals surface area contributed by atoms with Gasteiger partial charge in [0.2, 0.25) is 0 Å². The first-order valence-corrected chi connectivity index (χ1v) is 5.14. The summed E-state index contributed by atoms with van der Waals surface area (Å²) in [5.74, 6) is 0.458. The highest BCUT2D eigenvalue weighted by atomic mass is 16.3. The monoisotopic (exact) mass is 191 g/mol. The Kier molecular flexibility index (Phi) is 2.04. The van der Waals surface area contributed by atoms with Gasteiger partial charge in [-0.2, -0.15) is 0 Å². The van der Waals surface area contributed by atoms with Gasteiger partial charge in [-0.15, -0.1) is 0 Å². The topological polar surface area (TPSA) is 46.2 Å². The van der Waals surface area contributed by atoms with Gasteiger partial charge in [-0.3, -0.25) is 0 Å². The number of benzene rings is 1. The molecule has 0 aromatic heterocycles. The van der Waals surface area contributed by atoms with Gasteiger partial charge in [0.1, 0.15) is 0 Å². The smallest absolute Gasteiger partial charge is 0.0899 e. The summed E-state index contributed by atoms with van der Waals surface area (Å²) in [6.07, 6.45) is 1.74. The highest BCUT2D eigenvalue weighted by Crippen LogP contribution is 2.46. The molecule has 0 atom stereocenters. The predicted molar refractivity (Wildman–Crippen MR) is 58.1 cm³/mol. The van der Waals surface area contributed by atoms with Gasteiger partial charge in [0, 0.05) is 5.69 Å². The van der Waals surface area contributed by atoms with Crippen molar-refractivity contribution in [2.75, 3.05) is 5.73 Å². The second-order valence-electron chi connectivity index (χ2n) is 4.57. The minimum absolute atomic E-state index is 0.458. The summed E-state index contributed by atoms with van der Waals surface area (Å²) < 4.78 is 0. The first-order valence-electron chi connectivity index (χ1n) is 5.14. The van der Waals surface area contributed by atoms with E-state index in [1.54, 1.807) is 0 Å². The molecule has 1 saturated carbocycles. The minimum Gasteiger partial charge on any atom is -0.399 e. The molecule has 2 rings (SSSR count). The Labute approximate surface area is 84.7 Å². The quantitative estimate of drug-likeness (QED) is 0.705. The van der Waals surface area contributed by atoms with Crippen LogP contribution < -0.4 is 5.73 Å². The zero-order valence-electron chi connectivity index (χ0n) is 8.75. The maximum atomic E-state index is 9.98. The van der Waals surface area contributed by atoms with Gasteiger partial charge in [0.05, 0.1) is 5.60 Å². The Bertz CT molecular complexity index is 353. The Balaban J connectivity index is 2.42. The largest absolute Gasteiger partial charge is 0.399 e. The lowest BCUT2D eigenvalue weighted by atomic mass is 9.97. The third-order valence-electron chi connectivity index (χ3n) is 2.91. The van der Waals surface area contributed by atoms with Crippen molar-refractivity contribution in [3.63, 3.8) is 0 Å². The molecular weight excluding hydrogens is 174 g/mol. The number of aliphatic hydroxyl groups is 1. The average Bonchev–Trinajstić information content (AvgIpc) is 2.84. The summed E-state index contributed by atoms with van der Waals surface area (Å²) in [5, 5.41) is 9.98. The SMILES string of the molecule is CC(C)c1cc(N)cc(C2(O)CC2)c1. The molecule has 1 aromatic carbocycles. The van der Waals surface area contributed by atoms with Crippen LogP contribution in [-0.4, -0.2) is 5.11 Å². The second-order valence-corrected chi connectivity index (χ2v) is 4.57. The number of hydrogen-bond acceptors (Lipinski definition) is 2. The van der Waals surface area contributed by atoms with Gasteiger partial charge < -0.3 is 10.8 Å². The van der Waals surface area contributed by atoms with Crippen LogP contribution in [0.5, 0.6) is 0 Å². The molecule has 0 unspecified atom stereocenters. The van der Waals surface area contributed by atoms with Crippen LogP contribution in [0.1, 0.15) is 43.7 Å². The van der Waals surface area contributed by atoms with E-state index >= 15 is 0 Å². The van der Waals surface area contributed by atoms with Gasteiger partial charge in [0.25, 0.3) is 0 Å². The third-order valence-corrected chi connectivity index (χ3v) is 2.91. The molecule has 2 heteroatoms. The molecule has 0 bridgehead atoms. The zero-order valence-corrected chi connectivity index (χ0v) is 8.75. The van der Waals surface area contributed by atoms with Crippen molar-refractivity contribution in [1.82, 2.24) is 0 Å². The molecule has 0 radical (unpaired) electrons. The Morgan fingerprint density at radius 1 is 1.29 bits per heavy atom. The van der Waals surface area contributed by atoms with Gasteiger partial charge in [-0.1, -0.05) is 19.9 Å². The molecule has 0 amide bonds. The number of rotatable bonds is 2. The van der Waals surface area contributed by atoms with E-state index in [9.17, 15) is 5.11 Å². The first kappa shape index (κ1) is 9.53. The summed E-state index contributed by atoms with van der Waals surface area (Å²) >= 11 is 0. The van der Waals surface area contributed by atoms with E-state index in [0.29, 0.717) is 5.92 Å². The van der Waals surface area contributed by atoms with Crippen molar-refractivity contribution in [3.8, 4) is 0 Å². The maximum Gasteiger partial charge on any atom is 0.0899 e. The lowest BCUT2D eigenvalue weighted by molar-refractivity contribution is 0.151. The molecule has 2 nitrogen and oxygen atoms in total. The number of anilines is 1. The number of nitrogen functional groups attached to an aromatic ring is 1. The van der Waals surface area contributed by atoms with E-state index in [4.69, 9.17) is 5.73 Å². The van der Waals surface area contributed by atoms with E-state index in [2.05, 4.69) is 19.9 Å². The molecule has 3 N–H and O–H groups in total. The van der Waals surface area contributed by atoms with Crippen molar-refractivity contribution in [1.29, 1.82) is 0 Å². The minimum atomic E-state index is -0.570. The standard InChI is InChI=1S/C12H17NO/c1-8(2)9-5-10(7-11(13)6-9)12(14)3-4-12/h5-8,14H,3-4,13H2,1-2H3. The lowest BCUT2D eigenvalue weighted by Crippen LogP contribution is -2.06. The summed E-state index contributed by atoms with van der Waals surface area (Å²) in [5.41, 5.74) is 8.19. The van der Waals surface area contributed by atoms with Crippen LogP contribution in [0.2, 0.25) is 0 Å². The Morgan fingerprint density at radius 3 is 2.43 bits per heavy atom. The summed E-state index contributed by atoms with van der Waals surface area (Å²) in [4.78, 5) is 0. The number of nitrogens with two attached hydrogens (primary N) is 1. The Morgan fingerprint density at radius 2 is 1.93 bits per heavy atom. The third kappa shape index (κ3) is 1.62. The van der Waals surface area contributed by atoms with E-state index in [1.807, 2.05) is 12.1 Å². The first-order chi connectivity index (χ1) is 6.51. The molecule has 0 spiro atoms. The van der Waals surface area contributed by atoms with Crippen molar-refractivity contribution in [2.45, 2.75) is 38.2 Å². The normalized spacial score (nSPS) is 18.6. The maximum absolute atomic E-state index is 9.98. The fraction of sp³-hybridized carbons (Fsp3) is 0.500. The average molecular weight is 191 g/mol. The van der Waals surface area contributed by atoms with E-state index in [0.717, 1.165) is 24.1 Å². The summed E-state index contributed by atoms with van der Waals surface area (Å²) in [6.45, 7) is 4.27. The van der Waals surface area contributed by atoms with Crippen LogP contribution in [-0.2, 0) is 5.60 Å². The van der Waals surface area contributed by atoms with Crippen LogP contribution in [0, 0.1) is 0 Å². The molecule has 1 aliphatic carbocycles. The van der Waals surface area contributed by atoms with E-state index in [1.165, 1.54) is 5.56 Å². The van der Waals surface area contributed by atoms with Crippen LogP contribution >= 0.6 is 0 Å². The highest BCUT2D eigenvalue weighted by Gasteiger charge is 2.42. The van der Waals surface area contributed by atoms with E-state index < -0.39 is 5.60 Å². The molecule has 76 valence electrons. The zero-order chi connectivity index (χ0) is 10.3. The summed E-state index contributed by atoms with van der Waals surface area (Å²) in [7, 11) is 0. The van der Waals surface area contributed by atoms with Crippen LogP contribution in [0.15, 0.2) is 18.2 Å². The van der Waals surface area contributed by atoms with Gasteiger partial charge in [-0.25, -0.2) is 0 Å². The lowest BCUT2D eigenvalue weighted by Gasteiger charge is -2.13. The van der Waals surface area contributed by atoms with Crippen molar-refractivity contribution in [2.24, 2.45) is 0 Å². The second kappa shape index (κ2) is 2.99. The fourth-order valence-corrected chi connectivity index (χ4v) is 1.69. The Hall–Kier alpha value is -1.02. The fourth-order valence-electron chi connectivity index (χ4n) is 1.69. The highest BCUT2D eigenvalue weighted by molar-refractivity contribution is 5.48. The molecule has 0 saturated heterocycles. The molecule has 1 aromatic rings. The van der Waals surface area contributed by atoms with Crippen LogP contribution in [0.4, 0.5) is 5.69 Å². The van der Waals surface area contributed by atoms with Gasteiger partial charge in [-0.05, 0) is 42.0 Å². The van der Waals surface area contributed by atoms with Crippen molar-refractivity contribution < 1.29 is 5.11 Å². The summed E-state index contributed by atoms with van der Waals surface area (Å²) in [6, 6.07) is 5.95. The molecule has 14 heavy (non-hydrogen) atoms. The van der Waals surface area contributed by atoms with Gasteiger partial charge >= 0.3 is 0 Å². The predicted octanol–water partition coefficient (Wildman–Crippen LogP) is 2.37. The van der Waals surface area contributed by atoms with Gasteiger partial charge in [0.15, 0.2) is 0 Å². The van der Waals surface area contributed by atoms with Crippen molar-refractivity contribution >= 4 is 5.69 Å².